The molecule has 1 aliphatic heterocycles. The second-order valence-corrected chi connectivity index (χ2v) is 7.21. The highest BCUT2D eigenvalue weighted by atomic mass is 16.5. The average molecular weight is 424 g/mol. The van der Waals surface area contributed by atoms with E-state index in [9.17, 15) is 9.59 Å². The Morgan fingerprint density at radius 1 is 1.06 bits per heavy atom. The van der Waals surface area contributed by atoms with Gasteiger partial charge in [-0.25, -0.2) is 9.59 Å². The lowest BCUT2D eigenvalue weighted by Gasteiger charge is -2.32. The molecular weight excluding hydrogens is 394 g/mol. The number of amides is 2. The van der Waals surface area contributed by atoms with E-state index in [1.165, 1.54) is 0 Å². The summed E-state index contributed by atoms with van der Waals surface area (Å²) in [6, 6.07) is 16.4. The minimum atomic E-state index is -0.631. The summed E-state index contributed by atoms with van der Waals surface area (Å²) in [5.74, 6) is 0.197. The zero-order chi connectivity index (χ0) is 22.2. The summed E-state index contributed by atoms with van der Waals surface area (Å²) in [7, 11) is 1.58. The molecule has 31 heavy (non-hydrogen) atoms. The molecule has 0 saturated heterocycles. The maximum atomic E-state index is 13.0. The first-order valence-electron chi connectivity index (χ1n) is 10.4. The fraction of sp³-hybridized carbons (Fsp3) is 0.333. The third kappa shape index (κ3) is 5.64. The maximum Gasteiger partial charge on any atom is 0.338 e. The molecule has 0 saturated carbocycles. The highest BCUT2D eigenvalue weighted by Crippen LogP contribution is 2.30. The molecule has 0 spiro atoms. The number of carbonyl (C=O) groups is 2. The van der Waals surface area contributed by atoms with Crippen LogP contribution >= 0.6 is 0 Å². The average Bonchev–Trinajstić information content (AvgIpc) is 2.79. The molecule has 7 heteroatoms. The van der Waals surface area contributed by atoms with Crippen molar-refractivity contribution in [2.45, 2.75) is 26.4 Å². The molecule has 0 fully saturated rings. The van der Waals surface area contributed by atoms with Crippen LogP contribution in [0.5, 0.6) is 5.75 Å². The van der Waals surface area contributed by atoms with Gasteiger partial charge in [0.25, 0.3) is 0 Å². The van der Waals surface area contributed by atoms with E-state index < -0.39 is 12.0 Å². The summed E-state index contributed by atoms with van der Waals surface area (Å²) in [6.07, 6.45) is 0. The lowest BCUT2D eigenvalue weighted by molar-refractivity contribution is -0.139. The van der Waals surface area contributed by atoms with Gasteiger partial charge in [-0.05, 0) is 36.7 Å². The number of rotatable bonds is 9. The molecule has 2 aromatic rings. The van der Waals surface area contributed by atoms with Gasteiger partial charge in [-0.3, -0.25) is 4.90 Å². The van der Waals surface area contributed by atoms with Crippen LogP contribution in [0.1, 0.15) is 31.0 Å². The highest BCUT2D eigenvalue weighted by molar-refractivity contribution is 5.95. The van der Waals surface area contributed by atoms with Gasteiger partial charge >= 0.3 is 12.0 Å². The first-order chi connectivity index (χ1) is 15.0. The van der Waals surface area contributed by atoms with Crippen LogP contribution in [0.25, 0.3) is 0 Å². The molecule has 7 nitrogen and oxygen atoms in total. The van der Waals surface area contributed by atoms with E-state index in [4.69, 9.17) is 9.47 Å². The zero-order valence-electron chi connectivity index (χ0n) is 18.2. The monoisotopic (exact) mass is 423 g/mol. The van der Waals surface area contributed by atoms with E-state index in [0.717, 1.165) is 17.7 Å². The van der Waals surface area contributed by atoms with Gasteiger partial charge in [0, 0.05) is 18.8 Å². The molecule has 2 aromatic carbocycles. The standard InChI is InChI=1S/C24H29N3O4/c1-4-27(15-17-10-7-6-8-11-17)16-20-21(23(28)31-5-2)22(26-24(29)25-20)18-12-9-13-19(14-18)30-3/h6-14,22H,4-5,15-16H2,1-3H3,(H2,25,26,29). The van der Waals surface area contributed by atoms with Crippen LogP contribution in [-0.4, -0.2) is 43.7 Å². The summed E-state index contributed by atoms with van der Waals surface area (Å²) >= 11 is 0. The van der Waals surface area contributed by atoms with Crippen LogP contribution < -0.4 is 15.4 Å². The first kappa shape index (κ1) is 22.4. The van der Waals surface area contributed by atoms with E-state index in [2.05, 4.69) is 34.6 Å². The molecule has 2 N–H and O–H groups in total. The van der Waals surface area contributed by atoms with Crippen molar-refractivity contribution in [3.8, 4) is 5.75 Å². The molecule has 2 amide bonds. The van der Waals surface area contributed by atoms with Crippen LogP contribution in [0.4, 0.5) is 4.79 Å². The molecule has 0 radical (unpaired) electrons. The molecule has 3 rings (SSSR count). The molecule has 1 aliphatic rings. The normalized spacial score (nSPS) is 16.0. The number of carbonyl (C=O) groups excluding carboxylic acids is 2. The topological polar surface area (TPSA) is 79.9 Å². The number of methoxy groups -OCH3 is 1. The zero-order valence-corrected chi connectivity index (χ0v) is 18.2. The molecule has 0 aliphatic carbocycles. The Morgan fingerprint density at radius 3 is 2.52 bits per heavy atom. The molecule has 1 atom stereocenters. The van der Waals surface area contributed by atoms with Gasteiger partial charge in [-0.1, -0.05) is 49.4 Å². The summed E-state index contributed by atoms with van der Waals surface area (Å²) < 4.78 is 10.7. The van der Waals surface area contributed by atoms with Gasteiger partial charge in [-0.2, -0.15) is 0 Å². The predicted molar refractivity (Wildman–Crippen MR) is 118 cm³/mol. The minimum Gasteiger partial charge on any atom is -0.497 e. The Labute approximate surface area is 183 Å². The first-order valence-corrected chi connectivity index (χ1v) is 10.4. The molecule has 1 heterocycles. The van der Waals surface area contributed by atoms with Crippen molar-refractivity contribution in [1.29, 1.82) is 0 Å². The predicted octanol–water partition coefficient (Wildman–Crippen LogP) is 3.39. The van der Waals surface area contributed by atoms with Gasteiger partial charge < -0.3 is 20.1 Å². The Hall–Kier alpha value is -3.32. The van der Waals surface area contributed by atoms with Crippen molar-refractivity contribution in [3.05, 3.63) is 77.0 Å². The number of nitrogens with one attached hydrogen (secondary N) is 2. The van der Waals surface area contributed by atoms with Crippen molar-refractivity contribution < 1.29 is 19.1 Å². The molecular formula is C24H29N3O4. The third-order valence-corrected chi connectivity index (χ3v) is 5.15. The van der Waals surface area contributed by atoms with Gasteiger partial charge in [0.2, 0.25) is 0 Å². The fourth-order valence-corrected chi connectivity index (χ4v) is 3.61. The third-order valence-electron chi connectivity index (χ3n) is 5.15. The molecule has 1 unspecified atom stereocenters. The van der Waals surface area contributed by atoms with Crippen molar-refractivity contribution in [2.75, 3.05) is 26.8 Å². The Balaban J connectivity index is 1.98. The van der Waals surface area contributed by atoms with Crippen LogP contribution in [0, 0.1) is 0 Å². The Kier molecular flexibility index (Phi) is 7.67. The molecule has 0 bridgehead atoms. The quantitative estimate of drug-likeness (QED) is 0.605. The van der Waals surface area contributed by atoms with Crippen LogP contribution in [0.15, 0.2) is 65.9 Å². The van der Waals surface area contributed by atoms with Crippen LogP contribution in [-0.2, 0) is 16.1 Å². The fourth-order valence-electron chi connectivity index (χ4n) is 3.61. The van der Waals surface area contributed by atoms with Gasteiger partial charge in [0.15, 0.2) is 0 Å². The number of urea groups is 1. The SMILES string of the molecule is CCOC(=O)C1=C(CN(CC)Cc2ccccc2)NC(=O)NC1c1cccc(OC)c1. The molecule has 164 valence electrons. The summed E-state index contributed by atoms with van der Waals surface area (Å²) in [4.78, 5) is 27.6. The highest BCUT2D eigenvalue weighted by Gasteiger charge is 2.34. The number of hydrogen-bond donors (Lipinski definition) is 2. The second kappa shape index (κ2) is 10.6. The largest absolute Gasteiger partial charge is 0.497 e. The number of likely N-dealkylation sites (N-methyl/N-ethyl adjacent to an activating group) is 1. The maximum absolute atomic E-state index is 13.0. The lowest BCUT2D eigenvalue weighted by Crippen LogP contribution is -2.48. The van der Waals surface area contributed by atoms with E-state index in [0.29, 0.717) is 30.1 Å². The minimum absolute atomic E-state index is 0.246. The van der Waals surface area contributed by atoms with E-state index in [-0.39, 0.29) is 12.6 Å². The van der Waals surface area contributed by atoms with Crippen molar-refractivity contribution >= 4 is 12.0 Å². The van der Waals surface area contributed by atoms with Crippen LogP contribution in [0.2, 0.25) is 0 Å². The second-order valence-electron chi connectivity index (χ2n) is 7.21. The Morgan fingerprint density at radius 2 is 1.84 bits per heavy atom. The van der Waals surface area contributed by atoms with Crippen LogP contribution in [0.3, 0.4) is 0 Å². The number of hydrogen-bond acceptors (Lipinski definition) is 5. The van der Waals surface area contributed by atoms with E-state index >= 15 is 0 Å². The summed E-state index contributed by atoms with van der Waals surface area (Å²) in [5.41, 5.74) is 2.86. The molecule has 0 aromatic heterocycles. The van der Waals surface area contributed by atoms with Gasteiger partial charge in [0.1, 0.15) is 5.75 Å². The van der Waals surface area contributed by atoms with Crippen molar-refractivity contribution in [3.63, 3.8) is 0 Å². The number of benzene rings is 2. The summed E-state index contributed by atoms with van der Waals surface area (Å²) in [5, 5.41) is 5.70. The van der Waals surface area contributed by atoms with E-state index in [1.807, 2.05) is 42.5 Å². The number of esters is 1. The number of nitrogens with zero attached hydrogens (tertiary/aromatic N) is 1. The van der Waals surface area contributed by atoms with Gasteiger partial charge in [0.05, 0.1) is 25.3 Å². The van der Waals surface area contributed by atoms with Crippen molar-refractivity contribution in [2.24, 2.45) is 0 Å². The number of ether oxygens (including phenoxy) is 2. The summed E-state index contributed by atoms with van der Waals surface area (Å²) in [6.45, 7) is 5.92. The Bertz CT molecular complexity index is 943. The smallest absolute Gasteiger partial charge is 0.338 e. The lowest BCUT2D eigenvalue weighted by atomic mass is 9.94. The van der Waals surface area contributed by atoms with Gasteiger partial charge in [-0.15, -0.1) is 0 Å². The van der Waals surface area contributed by atoms with Crippen molar-refractivity contribution in [1.82, 2.24) is 15.5 Å². The van der Waals surface area contributed by atoms with E-state index in [1.54, 1.807) is 14.0 Å².